The Morgan fingerprint density at radius 2 is 1.60 bits per heavy atom. The van der Waals surface area contributed by atoms with Gasteiger partial charge in [-0.3, -0.25) is 9.59 Å². The Labute approximate surface area is 121 Å². The number of amides is 1. The Balaban J connectivity index is 1.74. The second-order valence-corrected chi connectivity index (χ2v) is 6.98. The molecule has 2 aliphatic carbocycles. The summed E-state index contributed by atoms with van der Waals surface area (Å²) in [6, 6.07) is 0. The topological polar surface area (TPSA) is 66.4 Å². The molecule has 4 heteroatoms. The van der Waals surface area contributed by atoms with Crippen molar-refractivity contribution in [1.82, 2.24) is 5.32 Å². The van der Waals surface area contributed by atoms with Crippen molar-refractivity contribution in [3.05, 3.63) is 0 Å². The number of carboxylic acids is 1. The van der Waals surface area contributed by atoms with Gasteiger partial charge in [-0.15, -0.1) is 0 Å². The summed E-state index contributed by atoms with van der Waals surface area (Å²) in [5, 5.41) is 12.1. The molecule has 0 aliphatic heterocycles. The number of carbonyl (C=O) groups excluding carboxylic acids is 1. The quantitative estimate of drug-likeness (QED) is 0.832. The first-order valence-electron chi connectivity index (χ1n) is 8.01. The molecule has 0 heterocycles. The number of carbonyl (C=O) groups is 2. The summed E-state index contributed by atoms with van der Waals surface area (Å²) in [4.78, 5) is 23.1. The number of aliphatic carboxylic acids is 1. The van der Waals surface area contributed by atoms with Crippen LogP contribution in [0.1, 0.15) is 64.7 Å². The van der Waals surface area contributed by atoms with E-state index in [-0.39, 0.29) is 23.2 Å². The molecular weight excluding hydrogens is 254 g/mol. The van der Waals surface area contributed by atoms with E-state index in [0.717, 1.165) is 19.4 Å². The maximum Gasteiger partial charge on any atom is 0.306 e. The van der Waals surface area contributed by atoms with Gasteiger partial charge in [0.15, 0.2) is 0 Å². The maximum absolute atomic E-state index is 12.2. The number of hydrogen-bond acceptors (Lipinski definition) is 2. The SMILES string of the molecule is CC1(CNC(=O)C2CCC(C(=O)O)CC2)CCCCC1. The molecule has 0 bridgehead atoms. The highest BCUT2D eigenvalue weighted by atomic mass is 16.4. The fraction of sp³-hybridized carbons (Fsp3) is 0.875. The molecule has 2 saturated carbocycles. The van der Waals surface area contributed by atoms with Crippen LogP contribution in [0.2, 0.25) is 0 Å². The number of rotatable bonds is 4. The summed E-state index contributed by atoms with van der Waals surface area (Å²) >= 11 is 0. The third-order valence-electron chi connectivity index (χ3n) is 5.20. The van der Waals surface area contributed by atoms with Crippen molar-refractivity contribution < 1.29 is 14.7 Å². The molecule has 0 aromatic heterocycles. The minimum atomic E-state index is -0.710. The highest BCUT2D eigenvalue weighted by Crippen LogP contribution is 2.35. The highest BCUT2D eigenvalue weighted by Gasteiger charge is 2.31. The lowest BCUT2D eigenvalue weighted by Crippen LogP contribution is -2.41. The zero-order valence-corrected chi connectivity index (χ0v) is 12.5. The summed E-state index contributed by atoms with van der Waals surface area (Å²) in [6.07, 6.45) is 9.02. The molecule has 0 spiro atoms. The van der Waals surface area contributed by atoms with Gasteiger partial charge in [0.1, 0.15) is 0 Å². The third kappa shape index (κ3) is 3.97. The number of hydrogen-bond donors (Lipinski definition) is 2. The Kier molecular flexibility index (Phi) is 5.06. The molecule has 2 N–H and O–H groups in total. The lowest BCUT2D eigenvalue weighted by atomic mass is 9.75. The van der Waals surface area contributed by atoms with E-state index in [1.54, 1.807) is 0 Å². The number of nitrogens with one attached hydrogen (secondary N) is 1. The van der Waals surface area contributed by atoms with E-state index in [1.165, 1.54) is 32.1 Å². The molecule has 0 saturated heterocycles. The van der Waals surface area contributed by atoms with E-state index in [0.29, 0.717) is 12.8 Å². The fourth-order valence-electron chi connectivity index (χ4n) is 3.63. The van der Waals surface area contributed by atoms with Crippen molar-refractivity contribution in [3.63, 3.8) is 0 Å². The van der Waals surface area contributed by atoms with Gasteiger partial charge >= 0.3 is 5.97 Å². The van der Waals surface area contributed by atoms with Gasteiger partial charge in [0.05, 0.1) is 5.92 Å². The molecule has 4 nitrogen and oxygen atoms in total. The lowest BCUT2D eigenvalue weighted by Gasteiger charge is -2.34. The van der Waals surface area contributed by atoms with E-state index < -0.39 is 5.97 Å². The molecule has 2 fully saturated rings. The second-order valence-electron chi connectivity index (χ2n) is 6.98. The van der Waals surface area contributed by atoms with Gasteiger partial charge in [0, 0.05) is 12.5 Å². The van der Waals surface area contributed by atoms with Crippen molar-refractivity contribution in [2.75, 3.05) is 6.54 Å². The van der Waals surface area contributed by atoms with Crippen LogP contribution in [-0.4, -0.2) is 23.5 Å². The smallest absolute Gasteiger partial charge is 0.306 e. The molecule has 2 rings (SSSR count). The van der Waals surface area contributed by atoms with Crippen LogP contribution in [0.25, 0.3) is 0 Å². The Hall–Kier alpha value is -1.06. The zero-order valence-electron chi connectivity index (χ0n) is 12.5. The number of carboxylic acid groups (broad SMARTS) is 1. The van der Waals surface area contributed by atoms with Crippen LogP contribution in [0.5, 0.6) is 0 Å². The second kappa shape index (κ2) is 6.59. The first kappa shape index (κ1) is 15.3. The predicted molar refractivity (Wildman–Crippen MR) is 77.3 cm³/mol. The first-order chi connectivity index (χ1) is 9.50. The van der Waals surface area contributed by atoms with Crippen molar-refractivity contribution in [2.24, 2.45) is 17.3 Å². The van der Waals surface area contributed by atoms with Crippen molar-refractivity contribution in [1.29, 1.82) is 0 Å². The summed E-state index contributed by atoms with van der Waals surface area (Å²) in [5.74, 6) is -0.785. The minimum absolute atomic E-state index is 0.0257. The summed E-state index contributed by atoms with van der Waals surface area (Å²) in [7, 11) is 0. The van der Waals surface area contributed by atoms with Gasteiger partial charge < -0.3 is 10.4 Å². The molecule has 0 aromatic carbocycles. The molecule has 0 radical (unpaired) electrons. The summed E-state index contributed by atoms with van der Waals surface area (Å²) in [5.41, 5.74) is 0.270. The van der Waals surface area contributed by atoms with Crippen molar-refractivity contribution >= 4 is 11.9 Å². The first-order valence-corrected chi connectivity index (χ1v) is 8.01. The predicted octanol–water partition coefficient (Wildman–Crippen LogP) is 2.96. The third-order valence-corrected chi connectivity index (χ3v) is 5.20. The van der Waals surface area contributed by atoms with Crippen LogP contribution in [0, 0.1) is 17.3 Å². The summed E-state index contributed by atoms with van der Waals surface area (Å²) < 4.78 is 0. The van der Waals surface area contributed by atoms with Gasteiger partial charge in [-0.25, -0.2) is 0 Å². The average Bonchev–Trinajstić information content (AvgIpc) is 2.46. The van der Waals surface area contributed by atoms with Crippen LogP contribution < -0.4 is 5.32 Å². The minimum Gasteiger partial charge on any atom is -0.481 e. The van der Waals surface area contributed by atoms with Crippen LogP contribution >= 0.6 is 0 Å². The molecular formula is C16H27NO3. The Morgan fingerprint density at radius 1 is 1.05 bits per heavy atom. The van der Waals surface area contributed by atoms with E-state index in [1.807, 2.05) is 0 Å². The molecule has 0 atom stereocenters. The van der Waals surface area contributed by atoms with Crippen LogP contribution in [0.15, 0.2) is 0 Å². The van der Waals surface area contributed by atoms with Gasteiger partial charge in [-0.05, 0) is 43.9 Å². The van der Waals surface area contributed by atoms with Crippen LogP contribution in [-0.2, 0) is 9.59 Å². The van der Waals surface area contributed by atoms with E-state index in [9.17, 15) is 9.59 Å². The van der Waals surface area contributed by atoms with E-state index in [4.69, 9.17) is 5.11 Å². The largest absolute Gasteiger partial charge is 0.481 e. The normalized spacial score (nSPS) is 29.6. The average molecular weight is 281 g/mol. The highest BCUT2D eigenvalue weighted by molar-refractivity contribution is 5.79. The lowest BCUT2D eigenvalue weighted by molar-refractivity contribution is -0.144. The zero-order chi connectivity index (χ0) is 14.6. The Bertz CT molecular complexity index is 353. The van der Waals surface area contributed by atoms with E-state index >= 15 is 0 Å². The molecule has 20 heavy (non-hydrogen) atoms. The maximum atomic E-state index is 12.2. The summed E-state index contributed by atoms with van der Waals surface area (Å²) in [6.45, 7) is 3.05. The van der Waals surface area contributed by atoms with Crippen LogP contribution in [0.3, 0.4) is 0 Å². The van der Waals surface area contributed by atoms with Crippen molar-refractivity contribution in [2.45, 2.75) is 64.7 Å². The monoisotopic (exact) mass is 281 g/mol. The Morgan fingerprint density at radius 3 is 2.15 bits per heavy atom. The van der Waals surface area contributed by atoms with Crippen molar-refractivity contribution in [3.8, 4) is 0 Å². The van der Waals surface area contributed by atoms with Gasteiger partial charge in [0.2, 0.25) is 5.91 Å². The van der Waals surface area contributed by atoms with Gasteiger partial charge in [-0.2, -0.15) is 0 Å². The molecule has 114 valence electrons. The molecule has 0 unspecified atom stereocenters. The van der Waals surface area contributed by atoms with Crippen LogP contribution in [0.4, 0.5) is 0 Å². The standard InChI is InChI=1S/C16H27NO3/c1-16(9-3-2-4-10-16)11-17-14(18)12-5-7-13(8-6-12)15(19)20/h12-13H,2-11H2,1H3,(H,17,18)(H,19,20). The van der Waals surface area contributed by atoms with Gasteiger partial charge in [-0.1, -0.05) is 26.2 Å². The molecule has 0 aromatic rings. The van der Waals surface area contributed by atoms with E-state index in [2.05, 4.69) is 12.2 Å². The molecule has 2 aliphatic rings. The molecule has 1 amide bonds. The van der Waals surface area contributed by atoms with Gasteiger partial charge in [0.25, 0.3) is 0 Å². The fourth-order valence-corrected chi connectivity index (χ4v) is 3.63.